The molecule has 142 valence electrons. The molecule has 0 spiro atoms. The fourth-order valence-corrected chi connectivity index (χ4v) is 3.15. The molecule has 1 atom stereocenters. The number of nitrogens with zero attached hydrogens (tertiary/aromatic N) is 3. The number of hydrogen-bond donors (Lipinski definition) is 2. The number of quaternary nitrogens is 1. The summed E-state index contributed by atoms with van der Waals surface area (Å²) in [6, 6.07) is -0.725. The first kappa shape index (κ1) is 19.8. The SMILES string of the molecule is C=CCN1C(=O)NC(=O)C(C(C)=NCC[NH+]2CCN(C(C)=O)CC2)C1=O. The van der Waals surface area contributed by atoms with Gasteiger partial charge in [-0.25, -0.2) is 4.79 Å². The Morgan fingerprint density at radius 3 is 2.54 bits per heavy atom. The number of amides is 5. The van der Waals surface area contributed by atoms with Crippen LogP contribution in [0.4, 0.5) is 4.79 Å². The standard InChI is InChI=1S/C17H25N5O4/c1-4-6-22-16(25)14(15(24)19-17(22)26)12(2)18-5-7-20-8-10-21(11-9-20)13(3)23/h4,14H,1,5-11H2,2-3H3,(H,19,24,26)/p+1. The van der Waals surface area contributed by atoms with E-state index in [1.807, 2.05) is 4.90 Å². The van der Waals surface area contributed by atoms with Gasteiger partial charge in [-0.15, -0.1) is 6.58 Å². The smallest absolute Gasteiger partial charge is 0.331 e. The summed E-state index contributed by atoms with van der Waals surface area (Å²) in [7, 11) is 0. The number of piperazine rings is 1. The van der Waals surface area contributed by atoms with Crippen molar-refractivity contribution in [2.24, 2.45) is 10.9 Å². The molecule has 0 bridgehead atoms. The zero-order valence-corrected chi connectivity index (χ0v) is 15.3. The Hall–Kier alpha value is -2.55. The normalized spacial score (nSPS) is 22.5. The Bertz CT molecular complexity index is 637. The number of imide groups is 2. The first-order valence-corrected chi connectivity index (χ1v) is 8.72. The van der Waals surface area contributed by atoms with Crippen LogP contribution in [0.25, 0.3) is 0 Å². The fraction of sp³-hybridized carbons (Fsp3) is 0.588. The van der Waals surface area contributed by atoms with Gasteiger partial charge in [0.1, 0.15) is 0 Å². The van der Waals surface area contributed by atoms with E-state index >= 15 is 0 Å². The Morgan fingerprint density at radius 2 is 1.96 bits per heavy atom. The molecule has 2 aliphatic rings. The van der Waals surface area contributed by atoms with Gasteiger partial charge in [-0.1, -0.05) is 6.08 Å². The van der Waals surface area contributed by atoms with Gasteiger partial charge in [-0.3, -0.25) is 29.6 Å². The van der Waals surface area contributed by atoms with Crippen molar-refractivity contribution in [2.45, 2.75) is 13.8 Å². The lowest BCUT2D eigenvalue weighted by atomic mass is 9.99. The molecule has 5 amide bonds. The number of barbiturate groups is 1. The Balaban J connectivity index is 1.91. The van der Waals surface area contributed by atoms with E-state index in [2.05, 4.69) is 16.9 Å². The van der Waals surface area contributed by atoms with E-state index in [1.165, 1.54) is 11.0 Å². The van der Waals surface area contributed by atoms with Crippen LogP contribution >= 0.6 is 0 Å². The summed E-state index contributed by atoms with van der Waals surface area (Å²) in [5.74, 6) is -2.18. The molecule has 2 aliphatic heterocycles. The van der Waals surface area contributed by atoms with Crippen molar-refractivity contribution in [3.05, 3.63) is 12.7 Å². The molecular formula is C17H26N5O4+. The number of aliphatic imine (C=N–C) groups is 1. The number of hydrogen-bond acceptors (Lipinski definition) is 5. The molecule has 2 rings (SSSR count). The van der Waals surface area contributed by atoms with Crippen LogP contribution in [0.15, 0.2) is 17.6 Å². The fourth-order valence-electron chi connectivity index (χ4n) is 3.15. The maximum absolute atomic E-state index is 12.4. The molecule has 0 aromatic heterocycles. The molecule has 26 heavy (non-hydrogen) atoms. The summed E-state index contributed by atoms with van der Waals surface area (Å²) in [6.07, 6.45) is 1.43. The third kappa shape index (κ3) is 4.54. The lowest BCUT2D eigenvalue weighted by Crippen LogP contribution is -3.15. The molecule has 0 aliphatic carbocycles. The van der Waals surface area contributed by atoms with Crippen molar-refractivity contribution in [3.63, 3.8) is 0 Å². The zero-order chi connectivity index (χ0) is 19.3. The van der Waals surface area contributed by atoms with Crippen LogP contribution in [0.1, 0.15) is 13.8 Å². The van der Waals surface area contributed by atoms with Crippen LogP contribution in [0, 0.1) is 5.92 Å². The summed E-state index contributed by atoms with van der Waals surface area (Å²) in [5.41, 5.74) is 0.399. The average Bonchev–Trinajstić information content (AvgIpc) is 2.59. The van der Waals surface area contributed by atoms with Gasteiger partial charge in [-0.2, -0.15) is 0 Å². The molecule has 2 saturated heterocycles. The van der Waals surface area contributed by atoms with Crippen LogP contribution in [-0.4, -0.2) is 85.1 Å². The zero-order valence-electron chi connectivity index (χ0n) is 15.3. The second-order valence-electron chi connectivity index (χ2n) is 6.49. The summed E-state index contributed by atoms with van der Waals surface area (Å²) < 4.78 is 0. The Labute approximate surface area is 152 Å². The van der Waals surface area contributed by atoms with Crippen molar-refractivity contribution < 1.29 is 24.1 Å². The molecule has 2 heterocycles. The predicted octanol–water partition coefficient (Wildman–Crippen LogP) is -1.93. The van der Waals surface area contributed by atoms with Crippen LogP contribution in [-0.2, 0) is 14.4 Å². The first-order valence-electron chi connectivity index (χ1n) is 8.72. The maximum atomic E-state index is 12.4. The summed E-state index contributed by atoms with van der Waals surface area (Å²) >= 11 is 0. The molecular weight excluding hydrogens is 338 g/mol. The third-order valence-electron chi connectivity index (χ3n) is 4.72. The summed E-state index contributed by atoms with van der Waals surface area (Å²) in [6.45, 7) is 11.2. The molecule has 0 aromatic rings. The van der Waals surface area contributed by atoms with Gasteiger partial charge in [0.2, 0.25) is 17.7 Å². The minimum absolute atomic E-state index is 0.0479. The summed E-state index contributed by atoms with van der Waals surface area (Å²) in [4.78, 5) is 56.0. The van der Waals surface area contributed by atoms with E-state index in [1.54, 1.807) is 13.8 Å². The van der Waals surface area contributed by atoms with Crippen LogP contribution in [0.3, 0.4) is 0 Å². The van der Waals surface area contributed by atoms with Gasteiger partial charge < -0.3 is 9.80 Å². The van der Waals surface area contributed by atoms with Crippen molar-refractivity contribution in [1.82, 2.24) is 15.1 Å². The molecule has 1 unspecified atom stereocenters. The van der Waals surface area contributed by atoms with Crippen molar-refractivity contribution in [2.75, 3.05) is 45.8 Å². The van der Waals surface area contributed by atoms with Crippen LogP contribution in [0.2, 0.25) is 0 Å². The van der Waals surface area contributed by atoms with Crippen LogP contribution < -0.4 is 10.2 Å². The van der Waals surface area contributed by atoms with Gasteiger partial charge in [0.25, 0.3) is 0 Å². The molecule has 0 radical (unpaired) electrons. The van der Waals surface area contributed by atoms with Crippen molar-refractivity contribution >= 4 is 29.5 Å². The average molecular weight is 364 g/mol. The van der Waals surface area contributed by atoms with E-state index in [0.717, 1.165) is 37.6 Å². The number of nitrogens with one attached hydrogen (secondary N) is 2. The topological polar surface area (TPSA) is 104 Å². The minimum atomic E-state index is -1.07. The largest absolute Gasteiger partial charge is 0.332 e. The molecule has 2 N–H and O–H groups in total. The number of urea groups is 1. The van der Waals surface area contributed by atoms with Gasteiger partial charge in [0.05, 0.1) is 39.3 Å². The molecule has 2 fully saturated rings. The summed E-state index contributed by atoms with van der Waals surface area (Å²) in [5, 5.41) is 2.19. The van der Waals surface area contributed by atoms with E-state index in [9.17, 15) is 19.2 Å². The second kappa shape index (κ2) is 8.70. The van der Waals surface area contributed by atoms with Crippen LogP contribution in [0.5, 0.6) is 0 Å². The highest BCUT2D eigenvalue weighted by atomic mass is 16.2. The molecule has 9 nitrogen and oxygen atoms in total. The lowest BCUT2D eigenvalue weighted by Gasteiger charge is -2.31. The van der Waals surface area contributed by atoms with Gasteiger partial charge >= 0.3 is 6.03 Å². The second-order valence-corrected chi connectivity index (χ2v) is 6.49. The third-order valence-corrected chi connectivity index (χ3v) is 4.72. The van der Waals surface area contributed by atoms with E-state index in [4.69, 9.17) is 0 Å². The van der Waals surface area contributed by atoms with E-state index < -0.39 is 23.8 Å². The monoisotopic (exact) mass is 364 g/mol. The molecule has 9 heteroatoms. The molecule has 0 saturated carbocycles. The highest BCUT2D eigenvalue weighted by Crippen LogP contribution is 2.12. The van der Waals surface area contributed by atoms with Crippen molar-refractivity contribution in [3.8, 4) is 0 Å². The quantitative estimate of drug-likeness (QED) is 0.326. The van der Waals surface area contributed by atoms with Gasteiger partial charge in [-0.05, 0) is 6.92 Å². The number of carbonyl (C=O) groups is 4. The highest BCUT2D eigenvalue weighted by molar-refractivity contribution is 6.27. The molecule has 0 aromatic carbocycles. The number of rotatable bonds is 6. The van der Waals surface area contributed by atoms with E-state index in [0.29, 0.717) is 12.3 Å². The minimum Gasteiger partial charge on any atom is -0.332 e. The van der Waals surface area contributed by atoms with Gasteiger partial charge in [0, 0.05) is 19.2 Å². The number of carbonyl (C=O) groups excluding carboxylic acids is 4. The maximum Gasteiger partial charge on any atom is 0.331 e. The van der Waals surface area contributed by atoms with E-state index in [-0.39, 0.29) is 12.5 Å². The lowest BCUT2D eigenvalue weighted by molar-refractivity contribution is -0.902. The van der Waals surface area contributed by atoms with Gasteiger partial charge in [0.15, 0.2) is 5.92 Å². The first-order chi connectivity index (χ1) is 12.3. The predicted molar refractivity (Wildman–Crippen MR) is 94.7 cm³/mol. The Kier molecular flexibility index (Phi) is 6.62. The van der Waals surface area contributed by atoms with Crippen molar-refractivity contribution in [1.29, 1.82) is 0 Å². The highest BCUT2D eigenvalue weighted by Gasteiger charge is 2.41. The Morgan fingerprint density at radius 1 is 1.31 bits per heavy atom.